The maximum Gasteiger partial charge on any atom is 0.263 e. The lowest BCUT2D eigenvalue weighted by atomic mass is 9.90. The Morgan fingerprint density at radius 3 is 1.33 bits per heavy atom. The maximum absolute atomic E-state index is 15.6. The Balaban J connectivity index is 1.13. The predicted molar refractivity (Wildman–Crippen MR) is 255 cm³/mol. The molecule has 0 bridgehead atoms. The van der Waals surface area contributed by atoms with E-state index < -0.39 is 6.23 Å². The van der Waals surface area contributed by atoms with E-state index in [0.717, 1.165) is 55.2 Å². The van der Waals surface area contributed by atoms with Crippen molar-refractivity contribution in [3.63, 3.8) is 0 Å². The number of aliphatic hydroxyl groups is 1. The molecule has 1 N–H and O–H groups in total. The van der Waals surface area contributed by atoms with Crippen molar-refractivity contribution in [1.82, 2.24) is 4.57 Å². The molecule has 0 fully saturated rings. The molecule has 1 atom stereocenters. The van der Waals surface area contributed by atoms with Crippen molar-refractivity contribution in [2.45, 2.75) is 6.23 Å². The Hall–Kier alpha value is -8.45. The van der Waals surface area contributed by atoms with Gasteiger partial charge < -0.3 is 9.67 Å². The number of benzene rings is 9. The van der Waals surface area contributed by atoms with E-state index in [9.17, 15) is 14.7 Å². The quantitative estimate of drug-likeness (QED) is 0.147. The molecule has 0 saturated heterocycles. The lowest BCUT2D eigenvalue weighted by Crippen LogP contribution is -2.29. The summed E-state index contributed by atoms with van der Waals surface area (Å²) in [5.74, 6) is -0.617. The molecule has 1 aliphatic heterocycles. The van der Waals surface area contributed by atoms with Gasteiger partial charge in [0.2, 0.25) is 0 Å². The van der Waals surface area contributed by atoms with Gasteiger partial charge in [0.15, 0.2) is 17.8 Å². The summed E-state index contributed by atoms with van der Waals surface area (Å²) in [6.07, 6.45) is -1.33. The van der Waals surface area contributed by atoms with Gasteiger partial charge in [-0.2, -0.15) is 0 Å². The highest BCUT2D eigenvalue weighted by atomic mass is 16.3. The van der Waals surface area contributed by atoms with Crippen LogP contribution in [0, 0.1) is 0 Å². The molecule has 0 spiro atoms. The number of aliphatic hydroxyl groups excluding tert-OH is 1. The van der Waals surface area contributed by atoms with Crippen LogP contribution in [0.5, 0.6) is 0 Å². The van der Waals surface area contributed by atoms with Crippen molar-refractivity contribution in [1.29, 1.82) is 0 Å². The second kappa shape index (κ2) is 15.8. The number of hydrogen-bond acceptors (Lipinski definition) is 4. The van der Waals surface area contributed by atoms with Crippen molar-refractivity contribution in [3.05, 3.63) is 252 Å². The second-order valence-electron chi connectivity index (χ2n) is 16.0. The number of rotatable bonds is 9. The smallest absolute Gasteiger partial charge is 0.263 e. The molecule has 304 valence electrons. The lowest BCUT2D eigenvalue weighted by molar-refractivity contribution is 0.0934. The number of fused-ring (bicyclic) bond motifs is 4. The van der Waals surface area contributed by atoms with Gasteiger partial charge in [0.25, 0.3) is 5.91 Å². The first-order valence-corrected chi connectivity index (χ1v) is 21.2. The molecular weight excluding hydrogens is 789 g/mol. The number of nitrogens with zero attached hydrogens (tertiary/aromatic N) is 2. The van der Waals surface area contributed by atoms with Gasteiger partial charge in [-0.3, -0.25) is 19.3 Å². The minimum Gasteiger partial charge on any atom is -0.369 e. The third-order valence-corrected chi connectivity index (χ3v) is 12.3. The average molecular weight is 827 g/mol. The van der Waals surface area contributed by atoms with Crippen LogP contribution in [0.4, 0.5) is 5.69 Å². The maximum atomic E-state index is 15.6. The Bertz CT molecular complexity index is 3270. The molecule has 10 aromatic rings. The fourth-order valence-corrected chi connectivity index (χ4v) is 9.23. The van der Waals surface area contributed by atoms with Crippen LogP contribution in [0.15, 0.2) is 218 Å². The van der Waals surface area contributed by atoms with Gasteiger partial charge in [0.1, 0.15) is 0 Å². The number of hydrogen-bond donors (Lipinski definition) is 1. The third kappa shape index (κ3) is 6.44. The molecule has 0 radical (unpaired) electrons. The van der Waals surface area contributed by atoms with E-state index in [1.165, 1.54) is 4.90 Å². The fourth-order valence-electron chi connectivity index (χ4n) is 9.23. The Morgan fingerprint density at radius 2 is 0.859 bits per heavy atom. The zero-order valence-electron chi connectivity index (χ0n) is 34.4. The highest BCUT2D eigenvalue weighted by molar-refractivity contribution is 6.20. The summed E-state index contributed by atoms with van der Waals surface area (Å²) >= 11 is 0. The lowest BCUT2D eigenvalue weighted by Gasteiger charge is -2.28. The molecular formula is C58H38N2O4. The number of anilines is 1. The molecule has 1 aromatic heterocycles. The van der Waals surface area contributed by atoms with Gasteiger partial charge in [-0.1, -0.05) is 164 Å². The van der Waals surface area contributed by atoms with E-state index in [1.54, 1.807) is 24.3 Å². The van der Waals surface area contributed by atoms with Crippen LogP contribution in [0.25, 0.3) is 60.9 Å². The van der Waals surface area contributed by atoms with Crippen LogP contribution in [0.1, 0.15) is 54.0 Å². The Labute approximate surface area is 369 Å². The predicted octanol–water partition coefficient (Wildman–Crippen LogP) is 12.9. The number of carbonyl (C=O) groups is 3. The molecule has 9 aromatic carbocycles. The molecule has 6 heteroatoms. The first-order valence-electron chi connectivity index (χ1n) is 21.2. The molecule has 0 aliphatic carbocycles. The zero-order valence-corrected chi connectivity index (χ0v) is 34.4. The standard InChI is InChI=1S/C58H38N2O4/c61-55(40-23-12-4-13-24-40)42-29-31-50-48(33-42)49-34-43(56(62)41-25-14-5-15-26-41)30-32-51(49)59(50)52-28-16-27-45-53(52)58(64)60(57(45)63)54-46(38-19-8-2-9-20-38)35-44(37-17-6-1-7-18-37)36-47(54)39-21-10-3-11-22-39/h1-36,57,63H. The van der Waals surface area contributed by atoms with Crippen LogP contribution in [0.3, 0.4) is 0 Å². The van der Waals surface area contributed by atoms with Crippen molar-refractivity contribution in [2.24, 2.45) is 0 Å². The average Bonchev–Trinajstić information content (AvgIpc) is 3.83. The zero-order chi connectivity index (χ0) is 43.3. The summed E-state index contributed by atoms with van der Waals surface area (Å²) in [5.41, 5.74) is 10.9. The number of carbonyl (C=O) groups excluding carboxylic acids is 3. The van der Waals surface area contributed by atoms with Gasteiger partial charge in [0.05, 0.1) is 28.0 Å². The highest BCUT2D eigenvalue weighted by Crippen LogP contribution is 2.49. The summed E-state index contributed by atoms with van der Waals surface area (Å²) in [5, 5.41) is 14.1. The van der Waals surface area contributed by atoms with E-state index >= 15 is 4.79 Å². The largest absolute Gasteiger partial charge is 0.369 e. The van der Waals surface area contributed by atoms with E-state index in [-0.39, 0.29) is 17.5 Å². The molecule has 1 unspecified atom stereocenters. The summed E-state index contributed by atoms with van der Waals surface area (Å²) in [7, 11) is 0. The second-order valence-corrected chi connectivity index (χ2v) is 16.0. The van der Waals surface area contributed by atoms with Crippen LogP contribution in [0.2, 0.25) is 0 Å². The summed E-state index contributed by atoms with van der Waals surface area (Å²) in [4.78, 5) is 44.9. The number of aromatic nitrogens is 1. The van der Waals surface area contributed by atoms with Crippen LogP contribution in [-0.4, -0.2) is 27.1 Å². The first-order chi connectivity index (χ1) is 31.4. The van der Waals surface area contributed by atoms with Gasteiger partial charge in [-0.25, -0.2) is 0 Å². The molecule has 1 aliphatic rings. The summed E-state index contributed by atoms with van der Waals surface area (Å²) in [6.45, 7) is 0. The van der Waals surface area contributed by atoms with E-state index in [1.807, 2.05) is 174 Å². The minimum atomic E-state index is -1.33. The van der Waals surface area contributed by atoms with Crippen LogP contribution in [-0.2, 0) is 0 Å². The third-order valence-electron chi connectivity index (χ3n) is 12.3. The molecule has 1 amide bonds. The summed E-state index contributed by atoms with van der Waals surface area (Å²) in [6, 6.07) is 69.4. The fraction of sp³-hybridized carbons (Fsp3) is 0.0172. The van der Waals surface area contributed by atoms with E-state index in [0.29, 0.717) is 44.8 Å². The van der Waals surface area contributed by atoms with E-state index in [2.05, 4.69) is 24.3 Å². The van der Waals surface area contributed by atoms with E-state index in [4.69, 9.17) is 0 Å². The Morgan fingerprint density at radius 1 is 0.422 bits per heavy atom. The summed E-state index contributed by atoms with van der Waals surface area (Å²) < 4.78 is 2.01. The highest BCUT2D eigenvalue weighted by Gasteiger charge is 2.41. The molecule has 11 rings (SSSR count). The minimum absolute atomic E-state index is 0.129. The van der Waals surface area contributed by atoms with Crippen molar-refractivity contribution in [2.75, 3.05) is 4.90 Å². The Kier molecular flexibility index (Phi) is 9.49. The number of ketones is 2. The first kappa shape index (κ1) is 38.5. The monoisotopic (exact) mass is 826 g/mol. The number of amides is 1. The molecule has 64 heavy (non-hydrogen) atoms. The SMILES string of the molecule is O=C(c1ccccc1)c1ccc2c(c1)c1cc(C(=O)c3ccccc3)ccc1n2-c1cccc2c1C(=O)N(c1c(-c3ccccc3)cc(-c3ccccc3)cc1-c1ccccc1)C2O. The van der Waals surface area contributed by atoms with Gasteiger partial charge in [-0.05, 0) is 76.9 Å². The van der Waals surface area contributed by atoms with Gasteiger partial charge in [0, 0.05) is 49.7 Å². The van der Waals surface area contributed by atoms with Crippen LogP contribution >= 0.6 is 0 Å². The van der Waals surface area contributed by atoms with Gasteiger partial charge >= 0.3 is 0 Å². The topological polar surface area (TPSA) is 79.6 Å². The van der Waals surface area contributed by atoms with Gasteiger partial charge in [-0.15, -0.1) is 0 Å². The van der Waals surface area contributed by atoms with Crippen molar-refractivity contribution in [3.8, 4) is 39.1 Å². The normalized spacial score (nSPS) is 13.4. The molecule has 0 saturated carbocycles. The van der Waals surface area contributed by atoms with Crippen molar-refractivity contribution >= 4 is 45.0 Å². The molecule has 2 heterocycles. The molecule has 6 nitrogen and oxygen atoms in total. The van der Waals surface area contributed by atoms with Crippen molar-refractivity contribution < 1.29 is 19.5 Å². The van der Waals surface area contributed by atoms with Crippen LogP contribution < -0.4 is 4.90 Å².